The van der Waals surface area contributed by atoms with Crippen molar-refractivity contribution in [3.8, 4) is 6.07 Å². The van der Waals surface area contributed by atoms with Crippen molar-refractivity contribution in [1.29, 1.82) is 5.26 Å². The van der Waals surface area contributed by atoms with Crippen molar-refractivity contribution in [1.82, 2.24) is 29.3 Å². The Hall–Kier alpha value is -2.97. The molecule has 2 fully saturated rings. The number of hydrogen-bond donors (Lipinski definition) is 1. The lowest BCUT2D eigenvalue weighted by Crippen LogP contribution is -2.44. The average Bonchev–Trinajstić information content (AvgIpc) is 3.42. The first-order valence-electron chi connectivity index (χ1n) is 11.4. The van der Waals surface area contributed by atoms with Gasteiger partial charge in [-0.2, -0.15) is 5.26 Å². The maximum absolute atomic E-state index is 13.1. The Kier molecular flexibility index (Phi) is 5.80. The fourth-order valence-electron chi connectivity index (χ4n) is 4.98. The fraction of sp³-hybridized carbons (Fsp3) is 0.545. The van der Waals surface area contributed by atoms with Crippen molar-refractivity contribution >= 4 is 37.8 Å². The minimum Gasteiger partial charge on any atom is -0.346 e. The minimum atomic E-state index is -3.05. The Balaban J connectivity index is 1.46. The summed E-state index contributed by atoms with van der Waals surface area (Å²) < 4.78 is 25.7. The summed E-state index contributed by atoms with van der Waals surface area (Å²) in [7, 11) is -3.05. The van der Waals surface area contributed by atoms with Crippen molar-refractivity contribution in [2.45, 2.75) is 31.7 Å². The summed E-state index contributed by atoms with van der Waals surface area (Å²) >= 11 is 0. The largest absolute Gasteiger partial charge is 0.346 e. The van der Waals surface area contributed by atoms with E-state index in [0.717, 1.165) is 54.5 Å². The van der Waals surface area contributed by atoms with Gasteiger partial charge in [-0.15, -0.1) is 0 Å². The molecule has 1 N–H and O–H groups in total. The van der Waals surface area contributed by atoms with Gasteiger partial charge in [-0.05, 0) is 18.9 Å². The smallest absolute Gasteiger partial charge is 0.230 e. The quantitative estimate of drug-likeness (QED) is 0.596. The number of sulfone groups is 1. The topological polar surface area (TPSA) is 128 Å². The zero-order valence-corrected chi connectivity index (χ0v) is 19.2. The molecule has 3 aromatic heterocycles. The predicted octanol–water partition coefficient (Wildman–Crippen LogP) is 1.26. The first-order chi connectivity index (χ1) is 15.9. The molecule has 5 rings (SSSR count). The molecule has 0 saturated carbocycles. The van der Waals surface area contributed by atoms with Gasteiger partial charge >= 0.3 is 0 Å². The molecule has 2 saturated heterocycles. The minimum absolute atomic E-state index is 0.0181. The van der Waals surface area contributed by atoms with E-state index in [4.69, 9.17) is 10.2 Å². The molecule has 2 aliphatic rings. The molecule has 174 valence electrons. The van der Waals surface area contributed by atoms with Crippen LogP contribution in [0.5, 0.6) is 0 Å². The zero-order valence-electron chi connectivity index (χ0n) is 18.4. The number of H-pyrrole nitrogens is 1. The van der Waals surface area contributed by atoms with Crippen LogP contribution in [0.2, 0.25) is 0 Å². The lowest BCUT2D eigenvalue weighted by atomic mass is 10.0. The average molecular weight is 470 g/mol. The molecule has 5 heterocycles. The van der Waals surface area contributed by atoms with Crippen LogP contribution in [-0.4, -0.2) is 87.9 Å². The third kappa shape index (κ3) is 4.32. The number of carbonyl (C=O) groups excluding carboxylic acids is 1. The van der Waals surface area contributed by atoms with Crippen LogP contribution in [0.15, 0.2) is 18.5 Å². The highest BCUT2D eigenvalue weighted by atomic mass is 32.2. The van der Waals surface area contributed by atoms with Gasteiger partial charge in [-0.3, -0.25) is 4.79 Å². The van der Waals surface area contributed by atoms with E-state index in [1.807, 2.05) is 12.3 Å². The van der Waals surface area contributed by atoms with Crippen LogP contribution < -0.4 is 0 Å². The molecule has 0 bridgehead atoms. The van der Waals surface area contributed by atoms with Gasteiger partial charge in [-0.1, -0.05) is 0 Å². The number of aromatic nitrogens is 4. The van der Waals surface area contributed by atoms with Crippen LogP contribution in [0.3, 0.4) is 0 Å². The van der Waals surface area contributed by atoms with E-state index in [2.05, 4.69) is 25.5 Å². The molecular formula is C22H27N7O3S. The second-order valence-corrected chi connectivity index (χ2v) is 11.1. The number of carbonyl (C=O) groups is 1. The number of nitriles is 1. The molecule has 2 aliphatic heterocycles. The number of pyridine rings is 1. The third-order valence-corrected chi connectivity index (χ3v) is 8.39. The second-order valence-electron chi connectivity index (χ2n) is 8.82. The highest BCUT2D eigenvalue weighted by Gasteiger charge is 2.29. The molecule has 0 spiro atoms. The van der Waals surface area contributed by atoms with Gasteiger partial charge in [0.15, 0.2) is 9.84 Å². The first-order valence-corrected chi connectivity index (χ1v) is 13.2. The Bertz CT molecular complexity index is 1320. The second kappa shape index (κ2) is 8.76. The standard InChI is InChI=1S/C22H27N7O3S/c23-5-1-7-27-8-3-16(4-9-27)29-19(14-20(30)28-10-12-33(31,32)13-11-28)26-18-15-25-22-17(21(18)29)2-6-24-22/h2,6,15-16H,1,3-4,7-14H2,(H,24,25). The van der Waals surface area contributed by atoms with E-state index in [1.54, 1.807) is 11.1 Å². The Morgan fingerprint density at radius 1 is 1.21 bits per heavy atom. The molecule has 0 atom stereocenters. The SMILES string of the molecule is N#CCCN1CCC(n2c(CC(=O)N3CCS(=O)(=O)CC3)nc3cnc4[nH]ccc4c32)CC1. The first kappa shape index (κ1) is 21.9. The lowest BCUT2D eigenvalue weighted by molar-refractivity contribution is -0.130. The molecule has 33 heavy (non-hydrogen) atoms. The predicted molar refractivity (Wildman–Crippen MR) is 123 cm³/mol. The fourth-order valence-corrected chi connectivity index (χ4v) is 6.18. The Morgan fingerprint density at radius 2 is 1.97 bits per heavy atom. The van der Waals surface area contributed by atoms with Crippen LogP contribution in [-0.2, 0) is 21.1 Å². The maximum atomic E-state index is 13.1. The van der Waals surface area contributed by atoms with Crippen LogP contribution in [0.25, 0.3) is 22.1 Å². The van der Waals surface area contributed by atoms with E-state index < -0.39 is 9.84 Å². The Labute approximate surface area is 192 Å². The molecule has 3 aromatic rings. The van der Waals surface area contributed by atoms with Gasteiger partial charge in [0.25, 0.3) is 0 Å². The van der Waals surface area contributed by atoms with Crippen LogP contribution >= 0.6 is 0 Å². The lowest BCUT2D eigenvalue weighted by Gasteiger charge is -2.33. The Morgan fingerprint density at radius 3 is 2.70 bits per heavy atom. The van der Waals surface area contributed by atoms with E-state index in [0.29, 0.717) is 12.2 Å². The molecular weight excluding hydrogens is 442 g/mol. The summed E-state index contributed by atoms with van der Waals surface area (Å²) in [6, 6.07) is 4.40. The van der Waals surface area contributed by atoms with Gasteiger partial charge in [0.2, 0.25) is 5.91 Å². The normalized spacial score (nSPS) is 19.8. The van der Waals surface area contributed by atoms with Gasteiger partial charge in [0.1, 0.15) is 17.0 Å². The van der Waals surface area contributed by atoms with Crippen molar-refractivity contribution in [3.05, 3.63) is 24.3 Å². The van der Waals surface area contributed by atoms with Crippen LogP contribution in [0, 0.1) is 11.3 Å². The molecule has 10 nitrogen and oxygen atoms in total. The van der Waals surface area contributed by atoms with E-state index in [-0.39, 0.29) is 43.0 Å². The number of rotatable bonds is 5. The van der Waals surface area contributed by atoms with Crippen molar-refractivity contribution in [2.75, 3.05) is 44.2 Å². The highest BCUT2D eigenvalue weighted by Crippen LogP contribution is 2.32. The highest BCUT2D eigenvalue weighted by molar-refractivity contribution is 7.91. The summed E-state index contributed by atoms with van der Waals surface area (Å²) in [5.74, 6) is 0.648. The van der Waals surface area contributed by atoms with Crippen LogP contribution in [0.1, 0.15) is 31.1 Å². The van der Waals surface area contributed by atoms with Gasteiger partial charge in [0.05, 0.1) is 35.7 Å². The van der Waals surface area contributed by atoms with Gasteiger partial charge < -0.3 is 19.4 Å². The summed E-state index contributed by atoms with van der Waals surface area (Å²) in [5.41, 5.74) is 2.54. The molecule has 0 aromatic carbocycles. The number of likely N-dealkylation sites (tertiary alicyclic amines) is 1. The van der Waals surface area contributed by atoms with Crippen LogP contribution in [0.4, 0.5) is 0 Å². The number of fused-ring (bicyclic) bond motifs is 3. The molecule has 0 aliphatic carbocycles. The monoisotopic (exact) mass is 469 g/mol. The number of nitrogens with zero attached hydrogens (tertiary/aromatic N) is 6. The summed E-state index contributed by atoms with van der Waals surface area (Å²) in [6.45, 7) is 3.04. The van der Waals surface area contributed by atoms with Crippen molar-refractivity contribution < 1.29 is 13.2 Å². The molecule has 11 heteroatoms. The van der Waals surface area contributed by atoms with Crippen molar-refractivity contribution in [3.63, 3.8) is 0 Å². The number of imidazole rings is 1. The third-order valence-electron chi connectivity index (χ3n) is 6.78. The number of nitrogens with one attached hydrogen (secondary N) is 1. The van der Waals surface area contributed by atoms with E-state index in [1.165, 1.54) is 0 Å². The number of amides is 1. The molecule has 1 amide bonds. The summed E-state index contributed by atoms with van der Waals surface area (Å²) in [5, 5.41) is 9.87. The molecule has 0 unspecified atom stereocenters. The van der Waals surface area contributed by atoms with E-state index >= 15 is 0 Å². The van der Waals surface area contributed by atoms with Crippen molar-refractivity contribution in [2.24, 2.45) is 0 Å². The molecule has 0 radical (unpaired) electrons. The zero-order chi connectivity index (χ0) is 23.0. The van der Waals surface area contributed by atoms with E-state index in [9.17, 15) is 13.2 Å². The summed E-state index contributed by atoms with van der Waals surface area (Å²) in [4.78, 5) is 29.5. The number of aromatic amines is 1. The number of hydrogen-bond acceptors (Lipinski definition) is 7. The van der Waals surface area contributed by atoms with Gasteiger partial charge in [-0.25, -0.2) is 18.4 Å². The summed E-state index contributed by atoms with van der Waals surface area (Å²) in [6.07, 6.45) is 6.09. The van der Waals surface area contributed by atoms with Gasteiger partial charge in [0, 0.05) is 56.8 Å². The number of piperidine rings is 1. The maximum Gasteiger partial charge on any atom is 0.230 e.